The molecular formula is C11H14ClFN4. The molecule has 1 saturated heterocycles. The number of nitrogens with zero attached hydrogens (tertiary/aromatic N) is 3. The van der Waals surface area contributed by atoms with Crippen LogP contribution in [0.3, 0.4) is 0 Å². The zero-order chi connectivity index (χ0) is 12.0. The summed E-state index contributed by atoms with van der Waals surface area (Å²) in [4.78, 5) is 9.55. The van der Waals surface area contributed by atoms with E-state index in [0.29, 0.717) is 17.7 Å². The zero-order valence-corrected chi connectivity index (χ0v) is 10.1. The van der Waals surface area contributed by atoms with Gasteiger partial charge in [-0.05, 0) is 42.3 Å². The number of piperidine rings is 1. The Bertz CT molecular complexity index is 429. The van der Waals surface area contributed by atoms with Gasteiger partial charge in [-0.2, -0.15) is 4.98 Å². The van der Waals surface area contributed by atoms with E-state index < -0.39 is 5.82 Å². The monoisotopic (exact) mass is 256 g/mol. The number of fused-ring (bicyclic) bond motifs is 1. The Labute approximate surface area is 104 Å². The Balaban J connectivity index is 1.71. The summed E-state index contributed by atoms with van der Waals surface area (Å²) in [5, 5.41) is 0.0977. The molecule has 0 spiro atoms. The lowest BCUT2D eigenvalue weighted by molar-refractivity contribution is 0.572. The Hall–Kier alpha value is -0.940. The van der Waals surface area contributed by atoms with Crippen molar-refractivity contribution in [3.63, 3.8) is 0 Å². The Morgan fingerprint density at radius 2 is 2.18 bits per heavy atom. The van der Waals surface area contributed by atoms with Gasteiger partial charge in [-0.15, -0.1) is 0 Å². The van der Waals surface area contributed by atoms with E-state index in [9.17, 15) is 4.39 Å². The fraction of sp³-hybridized carbons (Fsp3) is 0.636. The summed E-state index contributed by atoms with van der Waals surface area (Å²) in [7, 11) is 0. The zero-order valence-electron chi connectivity index (χ0n) is 9.31. The highest BCUT2D eigenvalue weighted by Gasteiger charge is 2.55. The van der Waals surface area contributed by atoms with Gasteiger partial charge in [0.1, 0.15) is 0 Å². The second-order valence-corrected chi connectivity index (χ2v) is 5.12. The van der Waals surface area contributed by atoms with E-state index in [0.717, 1.165) is 38.2 Å². The van der Waals surface area contributed by atoms with Crippen molar-refractivity contribution in [1.29, 1.82) is 0 Å². The van der Waals surface area contributed by atoms with E-state index in [-0.39, 0.29) is 5.28 Å². The maximum atomic E-state index is 13.6. The Morgan fingerprint density at radius 1 is 1.47 bits per heavy atom. The number of anilines is 1. The smallest absolute Gasteiger partial charge is 0.224 e. The number of rotatable bonds is 3. The fourth-order valence-electron chi connectivity index (χ4n) is 3.00. The van der Waals surface area contributed by atoms with Gasteiger partial charge >= 0.3 is 0 Å². The summed E-state index contributed by atoms with van der Waals surface area (Å²) >= 11 is 5.69. The predicted octanol–water partition coefficient (Wildman–Crippen LogP) is 1.30. The number of hydrogen-bond donors (Lipinski definition) is 1. The first-order valence-electron chi connectivity index (χ1n) is 5.83. The summed E-state index contributed by atoms with van der Waals surface area (Å²) in [6, 6.07) is 0. The van der Waals surface area contributed by atoms with Gasteiger partial charge in [0.25, 0.3) is 0 Å². The fourth-order valence-corrected chi connectivity index (χ4v) is 3.13. The van der Waals surface area contributed by atoms with Crippen LogP contribution in [0.1, 0.15) is 6.42 Å². The molecule has 1 unspecified atom stereocenters. The summed E-state index contributed by atoms with van der Waals surface area (Å²) in [6.45, 7) is 2.46. The highest BCUT2D eigenvalue weighted by Crippen LogP contribution is 2.54. The summed E-state index contributed by atoms with van der Waals surface area (Å²) in [5.41, 5.74) is 5.55. The molecule has 2 aliphatic rings. The van der Waals surface area contributed by atoms with Crippen LogP contribution >= 0.6 is 11.6 Å². The number of hydrogen-bond acceptors (Lipinski definition) is 4. The second kappa shape index (κ2) is 4.07. The maximum absolute atomic E-state index is 13.6. The number of nitrogens with two attached hydrogens (primary N) is 1. The van der Waals surface area contributed by atoms with Crippen molar-refractivity contribution < 1.29 is 4.39 Å². The van der Waals surface area contributed by atoms with Gasteiger partial charge in [0, 0.05) is 13.1 Å². The molecule has 2 heterocycles. The van der Waals surface area contributed by atoms with Crippen molar-refractivity contribution in [3.05, 3.63) is 17.3 Å². The molecule has 2 N–H and O–H groups in total. The lowest BCUT2D eigenvalue weighted by atomic mass is 10.2. The normalized spacial score (nSPS) is 30.5. The molecule has 4 nitrogen and oxygen atoms in total. The van der Waals surface area contributed by atoms with E-state index in [4.69, 9.17) is 17.3 Å². The molecule has 0 aromatic carbocycles. The molecule has 1 aromatic heterocycles. The standard InChI is InChI=1S/C11H14ClFN4/c12-11-15-3-9(13)10(16-11)17-4-7-6(1-2-14)8(7)5-17/h3,6-8H,1-2,4-5,14H2/t6?,7-,8+. The average molecular weight is 257 g/mol. The molecule has 1 aromatic rings. The summed E-state index contributed by atoms with van der Waals surface area (Å²) < 4.78 is 13.6. The van der Waals surface area contributed by atoms with Crippen LogP contribution in [0.5, 0.6) is 0 Å². The maximum Gasteiger partial charge on any atom is 0.224 e. The van der Waals surface area contributed by atoms with Crippen molar-refractivity contribution in [2.75, 3.05) is 24.5 Å². The van der Waals surface area contributed by atoms with Gasteiger partial charge in [-0.25, -0.2) is 9.37 Å². The molecular weight excluding hydrogens is 243 g/mol. The molecule has 0 bridgehead atoms. The van der Waals surface area contributed by atoms with E-state index in [1.54, 1.807) is 0 Å². The number of aromatic nitrogens is 2. The van der Waals surface area contributed by atoms with Gasteiger partial charge in [-0.1, -0.05) is 0 Å². The van der Waals surface area contributed by atoms with E-state index >= 15 is 0 Å². The van der Waals surface area contributed by atoms with Crippen molar-refractivity contribution in [3.8, 4) is 0 Å². The van der Waals surface area contributed by atoms with E-state index in [1.807, 2.05) is 4.90 Å². The molecule has 17 heavy (non-hydrogen) atoms. The van der Waals surface area contributed by atoms with Crippen LogP contribution in [0, 0.1) is 23.6 Å². The second-order valence-electron chi connectivity index (χ2n) is 4.78. The molecule has 92 valence electrons. The number of halogens is 2. The molecule has 6 heteroatoms. The van der Waals surface area contributed by atoms with Gasteiger partial charge in [-0.3, -0.25) is 0 Å². The van der Waals surface area contributed by atoms with Crippen molar-refractivity contribution in [2.24, 2.45) is 23.5 Å². The first-order valence-corrected chi connectivity index (χ1v) is 6.21. The van der Waals surface area contributed by atoms with Crippen molar-refractivity contribution in [2.45, 2.75) is 6.42 Å². The van der Waals surface area contributed by atoms with Crippen molar-refractivity contribution in [1.82, 2.24) is 9.97 Å². The van der Waals surface area contributed by atoms with Crippen molar-refractivity contribution >= 4 is 17.4 Å². The van der Waals surface area contributed by atoms with Gasteiger partial charge < -0.3 is 10.6 Å². The SMILES string of the molecule is NCCC1[C@H]2CN(c3nc(Cl)ncc3F)C[C@@H]12. The molecule has 0 radical (unpaired) electrons. The Kier molecular flexibility index (Phi) is 2.67. The molecule has 1 aliphatic carbocycles. The quantitative estimate of drug-likeness (QED) is 0.829. The minimum Gasteiger partial charge on any atom is -0.353 e. The third kappa shape index (κ3) is 1.87. The largest absolute Gasteiger partial charge is 0.353 e. The predicted molar refractivity (Wildman–Crippen MR) is 63.4 cm³/mol. The highest BCUT2D eigenvalue weighted by atomic mass is 35.5. The van der Waals surface area contributed by atoms with Gasteiger partial charge in [0.05, 0.1) is 6.20 Å². The van der Waals surface area contributed by atoms with Crippen LogP contribution in [-0.2, 0) is 0 Å². The van der Waals surface area contributed by atoms with Crippen LogP contribution < -0.4 is 10.6 Å². The van der Waals surface area contributed by atoms with Gasteiger partial charge in [0.15, 0.2) is 11.6 Å². The molecule has 3 rings (SSSR count). The molecule has 3 atom stereocenters. The lowest BCUT2D eigenvalue weighted by Gasteiger charge is -2.21. The molecule has 0 amide bonds. The molecule has 2 fully saturated rings. The van der Waals surface area contributed by atoms with Crippen LogP contribution in [0.4, 0.5) is 10.2 Å². The third-order valence-corrected chi connectivity index (χ3v) is 4.05. The lowest BCUT2D eigenvalue weighted by Crippen LogP contribution is -2.26. The molecule has 1 aliphatic heterocycles. The van der Waals surface area contributed by atoms with Crippen LogP contribution in [-0.4, -0.2) is 29.6 Å². The van der Waals surface area contributed by atoms with E-state index in [2.05, 4.69) is 9.97 Å². The van der Waals surface area contributed by atoms with E-state index in [1.165, 1.54) is 0 Å². The molecule has 1 saturated carbocycles. The first-order chi connectivity index (χ1) is 8.20. The minimum absolute atomic E-state index is 0.0977. The Morgan fingerprint density at radius 3 is 2.82 bits per heavy atom. The van der Waals surface area contributed by atoms with Gasteiger partial charge in [0.2, 0.25) is 5.28 Å². The van der Waals surface area contributed by atoms with Crippen LogP contribution in [0.25, 0.3) is 0 Å². The average Bonchev–Trinajstić information content (AvgIpc) is 2.76. The van der Waals surface area contributed by atoms with Crippen LogP contribution in [0.15, 0.2) is 6.20 Å². The minimum atomic E-state index is -0.397. The summed E-state index contributed by atoms with van der Waals surface area (Å²) in [5.74, 6) is 1.99. The first kappa shape index (κ1) is 11.2. The van der Waals surface area contributed by atoms with Crippen LogP contribution in [0.2, 0.25) is 5.28 Å². The highest BCUT2D eigenvalue weighted by molar-refractivity contribution is 6.28. The third-order valence-electron chi connectivity index (χ3n) is 3.87. The summed E-state index contributed by atoms with van der Waals surface area (Å²) in [6.07, 6.45) is 2.21. The topological polar surface area (TPSA) is 55.0 Å².